The van der Waals surface area contributed by atoms with Crippen molar-refractivity contribution >= 4 is 33.2 Å². The third kappa shape index (κ3) is 2.85. The molecule has 0 aliphatic heterocycles. The fraction of sp³-hybridized carbons (Fsp3) is 0.188. The summed E-state index contributed by atoms with van der Waals surface area (Å²) in [6.07, 6.45) is 0.854. The number of halogens is 1. The van der Waals surface area contributed by atoms with Crippen LogP contribution in [0.2, 0.25) is 5.02 Å². The fourth-order valence-corrected chi connectivity index (χ4v) is 3.42. The van der Waals surface area contributed by atoms with Crippen molar-refractivity contribution in [1.29, 1.82) is 0 Å². The first kappa shape index (κ1) is 13.6. The number of aromatic nitrogens is 1. The lowest BCUT2D eigenvalue weighted by atomic mass is 10.1. The van der Waals surface area contributed by atoms with Crippen molar-refractivity contribution in [3.63, 3.8) is 0 Å². The Morgan fingerprint density at radius 1 is 1.20 bits per heavy atom. The molecule has 3 rings (SSSR count). The second-order valence-electron chi connectivity index (χ2n) is 4.71. The van der Waals surface area contributed by atoms with Crippen LogP contribution in [-0.4, -0.2) is 12.0 Å². The number of para-hydroxylation sites is 1. The Hall–Kier alpha value is -1.42. The molecule has 2 aromatic carbocycles. The quantitative estimate of drug-likeness (QED) is 0.779. The van der Waals surface area contributed by atoms with Gasteiger partial charge in [-0.05, 0) is 36.4 Å². The van der Waals surface area contributed by atoms with E-state index in [1.807, 2.05) is 19.2 Å². The second-order valence-corrected chi connectivity index (χ2v) is 6.23. The third-order valence-corrected chi connectivity index (χ3v) is 4.58. The minimum atomic E-state index is 0.784. The molecular weight excluding hydrogens is 288 g/mol. The molecule has 0 spiro atoms. The number of hydrogen-bond acceptors (Lipinski definition) is 3. The van der Waals surface area contributed by atoms with E-state index in [1.165, 1.54) is 10.3 Å². The first-order valence-electron chi connectivity index (χ1n) is 6.52. The van der Waals surface area contributed by atoms with Crippen LogP contribution in [-0.2, 0) is 13.0 Å². The summed E-state index contributed by atoms with van der Waals surface area (Å²) in [5.41, 5.74) is 3.46. The predicted molar refractivity (Wildman–Crippen MR) is 86.6 cm³/mol. The Morgan fingerprint density at radius 2 is 2.05 bits per heavy atom. The van der Waals surface area contributed by atoms with Crippen LogP contribution < -0.4 is 5.32 Å². The van der Waals surface area contributed by atoms with Gasteiger partial charge >= 0.3 is 0 Å². The number of benzene rings is 2. The summed E-state index contributed by atoms with van der Waals surface area (Å²) in [5.74, 6) is 0. The van der Waals surface area contributed by atoms with Gasteiger partial charge in [0, 0.05) is 18.0 Å². The molecule has 1 aromatic heterocycles. The van der Waals surface area contributed by atoms with Crippen LogP contribution in [0.1, 0.15) is 16.1 Å². The zero-order chi connectivity index (χ0) is 13.9. The van der Waals surface area contributed by atoms with Gasteiger partial charge in [0.25, 0.3) is 0 Å². The molecule has 3 aromatic rings. The van der Waals surface area contributed by atoms with Crippen LogP contribution in [0.15, 0.2) is 42.5 Å². The van der Waals surface area contributed by atoms with Gasteiger partial charge in [0.2, 0.25) is 0 Å². The van der Waals surface area contributed by atoms with Crippen molar-refractivity contribution in [3.05, 3.63) is 63.6 Å². The van der Waals surface area contributed by atoms with Crippen LogP contribution in [0.3, 0.4) is 0 Å². The van der Waals surface area contributed by atoms with Crippen LogP contribution in [0.25, 0.3) is 10.2 Å². The zero-order valence-corrected chi connectivity index (χ0v) is 12.8. The molecule has 0 saturated carbocycles. The highest BCUT2D eigenvalue weighted by molar-refractivity contribution is 7.18. The average Bonchev–Trinajstić information content (AvgIpc) is 2.85. The molecule has 0 amide bonds. The lowest BCUT2D eigenvalue weighted by Gasteiger charge is -2.06. The molecule has 0 unspecified atom stereocenters. The van der Waals surface area contributed by atoms with Gasteiger partial charge in [-0.2, -0.15) is 0 Å². The van der Waals surface area contributed by atoms with Crippen molar-refractivity contribution in [2.24, 2.45) is 0 Å². The van der Waals surface area contributed by atoms with Crippen molar-refractivity contribution in [1.82, 2.24) is 10.3 Å². The zero-order valence-electron chi connectivity index (χ0n) is 11.2. The highest BCUT2D eigenvalue weighted by Crippen LogP contribution is 2.25. The Kier molecular flexibility index (Phi) is 4.01. The molecule has 0 aliphatic carbocycles. The molecule has 102 valence electrons. The van der Waals surface area contributed by atoms with Gasteiger partial charge in [0.15, 0.2) is 0 Å². The van der Waals surface area contributed by atoms with Gasteiger partial charge < -0.3 is 5.32 Å². The van der Waals surface area contributed by atoms with E-state index in [9.17, 15) is 0 Å². The van der Waals surface area contributed by atoms with Crippen LogP contribution >= 0.6 is 22.9 Å². The van der Waals surface area contributed by atoms with Crippen LogP contribution in [0.5, 0.6) is 0 Å². The molecule has 1 heterocycles. The minimum absolute atomic E-state index is 0.784. The van der Waals surface area contributed by atoms with Gasteiger partial charge in [-0.15, -0.1) is 11.3 Å². The van der Waals surface area contributed by atoms with Gasteiger partial charge in [-0.1, -0.05) is 35.9 Å². The summed E-state index contributed by atoms with van der Waals surface area (Å²) in [5, 5.41) is 5.09. The van der Waals surface area contributed by atoms with E-state index in [0.29, 0.717) is 0 Å². The number of fused-ring (bicyclic) bond motifs is 1. The van der Waals surface area contributed by atoms with E-state index >= 15 is 0 Å². The van der Waals surface area contributed by atoms with E-state index in [1.54, 1.807) is 11.3 Å². The highest BCUT2D eigenvalue weighted by Gasteiger charge is 2.06. The number of thiazole rings is 1. The molecule has 0 bridgehead atoms. The van der Waals surface area contributed by atoms with E-state index in [4.69, 9.17) is 11.6 Å². The Labute approximate surface area is 127 Å². The lowest BCUT2D eigenvalue weighted by Crippen LogP contribution is -2.06. The van der Waals surface area contributed by atoms with E-state index in [2.05, 4.69) is 40.6 Å². The monoisotopic (exact) mass is 302 g/mol. The Morgan fingerprint density at radius 3 is 2.85 bits per heavy atom. The van der Waals surface area contributed by atoms with Crippen molar-refractivity contribution in [2.75, 3.05) is 7.05 Å². The van der Waals surface area contributed by atoms with Crippen molar-refractivity contribution in [2.45, 2.75) is 13.0 Å². The van der Waals surface area contributed by atoms with Crippen molar-refractivity contribution < 1.29 is 0 Å². The van der Waals surface area contributed by atoms with Crippen LogP contribution in [0.4, 0.5) is 0 Å². The average molecular weight is 303 g/mol. The summed E-state index contributed by atoms with van der Waals surface area (Å²) in [6, 6.07) is 14.5. The van der Waals surface area contributed by atoms with E-state index < -0.39 is 0 Å². The van der Waals surface area contributed by atoms with Crippen molar-refractivity contribution in [3.8, 4) is 0 Å². The maximum absolute atomic E-state index is 6.19. The maximum Gasteiger partial charge on any atom is 0.0982 e. The number of hydrogen-bond donors (Lipinski definition) is 1. The maximum atomic E-state index is 6.19. The smallest absolute Gasteiger partial charge is 0.0982 e. The topological polar surface area (TPSA) is 24.9 Å². The predicted octanol–water partition coefficient (Wildman–Crippen LogP) is 4.26. The second kappa shape index (κ2) is 5.92. The SMILES string of the molecule is CNCc1cc(Cc2nc3ccccc3s2)ccc1Cl. The molecule has 2 nitrogen and oxygen atoms in total. The first-order chi connectivity index (χ1) is 9.76. The molecule has 0 fully saturated rings. The summed E-state index contributed by atoms with van der Waals surface area (Å²) >= 11 is 7.94. The van der Waals surface area contributed by atoms with E-state index in [-0.39, 0.29) is 0 Å². The molecule has 0 aliphatic rings. The first-order valence-corrected chi connectivity index (χ1v) is 7.72. The largest absolute Gasteiger partial charge is 0.316 e. The van der Waals surface area contributed by atoms with Gasteiger partial charge in [0.1, 0.15) is 0 Å². The summed E-state index contributed by atoms with van der Waals surface area (Å²) in [7, 11) is 1.93. The van der Waals surface area contributed by atoms with E-state index in [0.717, 1.165) is 34.1 Å². The molecule has 0 atom stereocenters. The highest BCUT2D eigenvalue weighted by atomic mass is 35.5. The number of rotatable bonds is 4. The number of nitrogens with zero attached hydrogens (tertiary/aromatic N) is 1. The molecular formula is C16H15ClN2S. The van der Waals surface area contributed by atoms with Gasteiger partial charge in [-0.3, -0.25) is 0 Å². The summed E-state index contributed by atoms with van der Waals surface area (Å²) in [6.45, 7) is 0.784. The third-order valence-electron chi connectivity index (χ3n) is 3.17. The lowest BCUT2D eigenvalue weighted by molar-refractivity contribution is 0.816. The number of nitrogens with one attached hydrogen (secondary N) is 1. The minimum Gasteiger partial charge on any atom is -0.316 e. The summed E-state index contributed by atoms with van der Waals surface area (Å²) < 4.78 is 1.24. The normalized spacial score (nSPS) is 11.1. The molecule has 1 N–H and O–H groups in total. The Balaban J connectivity index is 1.88. The Bertz CT molecular complexity index is 703. The molecule has 0 radical (unpaired) electrons. The molecule has 20 heavy (non-hydrogen) atoms. The summed E-state index contributed by atoms with van der Waals surface area (Å²) in [4.78, 5) is 4.68. The van der Waals surface area contributed by atoms with Crippen LogP contribution in [0, 0.1) is 0 Å². The van der Waals surface area contributed by atoms with Gasteiger partial charge in [0.05, 0.1) is 15.2 Å². The molecule has 4 heteroatoms. The van der Waals surface area contributed by atoms with Gasteiger partial charge in [-0.25, -0.2) is 4.98 Å². The standard InChI is InChI=1S/C16H15ClN2S/c1-18-10-12-8-11(6-7-13(12)17)9-16-19-14-4-2-3-5-15(14)20-16/h2-8,18H,9-10H2,1H3. The fourth-order valence-electron chi connectivity index (χ4n) is 2.23. The molecule has 0 saturated heterocycles.